The highest BCUT2D eigenvalue weighted by Gasteiger charge is 2.35. The van der Waals surface area contributed by atoms with Crippen molar-refractivity contribution in [2.75, 3.05) is 0 Å². The van der Waals surface area contributed by atoms with Crippen LogP contribution in [-0.2, 0) is 6.18 Å². The quantitative estimate of drug-likeness (QED) is 0.891. The van der Waals surface area contributed by atoms with Crippen molar-refractivity contribution in [3.8, 4) is 0 Å². The second-order valence-corrected chi connectivity index (χ2v) is 4.96. The number of hydrogen-bond donors (Lipinski definition) is 1. The SMILES string of the molecule is C=Cc1ccc(C(F)(F)F)c(C(=O)NC2CCCC2)c1. The molecule has 1 fully saturated rings. The van der Waals surface area contributed by atoms with Gasteiger partial charge in [-0.2, -0.15) is 13.2 Å². The van der Waals surface area contributed by atoms with Crippen LogP contribution in [0.25, 0.3) is 6.08 Å². The Balaban J connectivity index is 2.31. The summed E-state index contributed by atoms with van der Waals surface area (Å²) < 4.78 is 38.9. The highest BCUT2D eigenvalue weighted by molar-refractivity contribution is 5.96. The molecule has 0 spiro atoms. The molecular weight excluding hydrogens is 267 g/mol. The van der Waals surface area contributed by atoms with Crippen LogP contribution in [0.2, 0.25) is 0 Å². The van der Waals surface area contributed by atoms with Crippen molar-refractivity contribution < 1.29 is 18.0 Å². The topological polar surface area (TPSA) is 29.1 Å². The fraction of sp³-hybridized carbons (Fsp3) is 0.400. The highest BCUT2D eigenvalue weighted by atomic mass is 19.4. The lowest BCUT2D eigenvalue weighted by Crippen LogP contribution is -2.34. The number of alkyl halides is 3. The fourth-order valence-corrected chi connectivity index (χ4v) is 2.46. The van der Waals surface area contributed by atoms with Gasteiger partial charge in [-0.1, -0.05) is 31.6 Å². The van der Waals surface area contributed by atoms with E-state index in [1.165, 1.54) is 18.2 Å². The van der Waals surface area contributed by atoms with Crippen LogP contribution in [0.4, 0.5) is 13.2 Å². The summed E-state index contributed by atoms with van der Waals surface area (Å²) in [6, 6.07) is 3.46. The number of amides is 1. The van der Waals surface area contributed by atoms with E-state index in [2.05, 4.69) is 11.9 Å². The van der Waals surface area contributed by atoms with E-state index in [0.717, 1.165) is 31.7 Å². The molecule has 1 amide bonds. The predicted molar refractivity (Wildman–Crippen MR) is 71.3 cm³/mol. The lowest BCUT2D eigenvalue weighted by atomic mass is 10.0. The Labute approximate surface area is 115 Å². The summed E-state index contributed by atoms with van der Waals surface area (Å²) in [6.45, 7) is 3.51. The Morgan fingerprint density at radius 3 is 2.50 bits per heavy atom. The molecule has 0 aliphatic heterocycles. The van der Waals surface area contributed by atoms with Crippen molar-refractivity contribution >= 4 is 12.0 Å². The fourth-order valence-electron chi connectivity index (χ4n) is 2.46. The summed E-state index contributed by atoms with van der Waals surface area (Å²) in [4.78, 5) is 12.1. The van der Waals surface area contributed by atoms with E-state index in [-0.39, 0.29) is 11.6 Å². The molecule has 1 aliphatic carbocycles. The largest absolute Gasteiger partial charge is 0.417 e. The van der Waals surface area contributed by atoms with Crippen LogP contribution in [0, 0.1) is 0 Å². The van der Waals surface area contributed by atoms with Gasteiger partial charge < -0.3 is 5.32 Å². The number of benzene rings is 1. The van der Waals surface area contributed by atoms with E-state index < -0.39 is 17.6 Å². The Kier molecular flexibility index (Phi) is 4.16. The van der Waals surface area contributed by atoms with Crippen molar-refractivity contribution in [2.45, 2.75) is 37.9 Å². The summed E-state index contributed by atoms with van der Waals surface area (Å²) in [5.41, 5.74) is -0.741. The second kappa shape index (κ2) is 5.69. The van der Waals surface area contributed by atoms with Gasteiger partial charge in [0.05, 0.1) is 11.1 Å². The molecule has 5 heteroatoms. The third kappa shape index (κ3) is 3.21. The summed E-state index contributed by atoms with van der Waals surface area (Å²) in [7, 11) is 0. The van der Waals surface area contributed by atoms with Crippen molar-refractivity contribution in [1.29, 1.82) is 0 Å². The van der Waals surface area contributed by atoms with Crippen LogP contribution in [0.3, 0.4) is 0 Å². The van der Waals surface area contributed by atoms with Crippen molar-refractivity contribution in [3.63, 3.8) is 0 Å². The first-order chi connectivity index (χ1) is 9.41. The average Bonchev–Trinajstić information content (AvgIpc) is 2.89. The van der Waals surface area contributed by atoms with Gasteiger partial charge in [0.15, 0.2) is 0 Å². The van der Waals surface area contributed by atoms with E-state index in [1.807, 2.05) is 0 Å². The molecule has 0 unspecified atom stereocenters. The molecule has 1 aromatic carbocycles. The van der Waals surface area contributed by atoms with E-state index >= 15 is 0 Å². The molecule has 2 nitrogen and oxygen atoms in total. The zero-order chi connectivity index (χ0) is 14.8. The minimum atomic E-state index is -4.54. The summed E-state index contributed by atoms with van der Waals surface area (Å²) in [5.74, 6) is -0.659. The molecule has 1 aliphatic rings. The van der Waals surface area contributed by atoms with Gasteiger partial charge in [-0.3, -0.25) is 4.79 Å². The van der Waals surface area contributed by atoms with Crippen LogP contribution in [0.15, 0.2) is 24.8 Å². The average molecular weight is 283 g/mol. The number of rotatable bonds is 3. The van der Waals surface area contributed by atoms with Gasteiger partial charge in [0.25, 0.3) is 5.91 Å². The van der Waals surface area contributed by atoms with Crippen molar-refractivity contribution in [3.05, 3.63) is 41.5 Å². The smallest absolute Gasteiger partial charge is 0.349 e. The first-order valence-corrected chi connectivity index (χ1v) is 6.56. The van der Waals surface area contributed by atoms with Gasteiger partial charge in [-0.05, 0) is 30.5 Å². The third-order valence-corrected chi connectivity index (χ3v) is 3.52. The zero-order valence-electron chi connectivity index (χ0n) is 11.0. The maximum Gasteiger partial charge on any atom is 0.417 e. The van der Waals surface area contributed by atoms with E-state index in [9.17, 15) is 18.0 Å². The second-order valence-electron chi connectivity index (χ2n) is 4.96. The first kappa shape index (κ1) is 14.6. The van der Waals surface area contributed by atoms with Gasteiger partial charge in [0, 0.05) is 6.04 Å². The normalized spacial score (nSPS) is 16.1. The van der Waals surface area contributed by atoms with Gasteiger partial charge in [0.1, 0.15) is 0 Å². The van der Waals surface area contributed by atoms with Crippen molar-refractivity contribution in [1.82, 2.24) is 5.32 Å². The molecule has 108 valence electrons. The third-order valence-electron chi connectivity index (χ3n) is 3.52. The molecule has 0 bridgehead atoms. The maximum atomic E-state index is 13.0. The van der Waals surface area contributed by atoms with Gasteiger partial charge in [0.2, 0.25) is 0 Å². The summed E-state index contributed by atoms with van der Waals surface area (Å²) in [5, 5.41) is 2.69. The summed E-state index contributed by atoms with van der Waals surface area (Å²) in [6.07, 6.45) is 0.546. The Morgan fingerprint density at radius 2 is 1.95 bits per heavy atom. The lowest BCUT2D eigenvalue weighted by molar-refractivity contribution is -0.137. The Hall–Kier alpha value is -1.78. The van der Waals surface area contributed by atoms with Gasteiger partial charge >= 0.3 is 6.18 Å². The number of hydrogen-bond acceptors (Lipinski definition) is 1. The Morgan fingerprint density at radius 1 is 1.30 bits per heavy atom. The van der Waals surface area contributed by atoms with Crippen molar-refractivity contribution in [2.24, 2.45) is 0 Å². The zero-order valence-corrected chi connectivity index (χ0v) is 11.0. The summed E-state index contributed by atoms with van der Waals surface area (Å²) >= 11 is 0. The molecule has 20 heavy (non-hydrogen) atoms. The van der Waals surface area contributed by atoms with E-state index in [1.54, 1.807) is 0 Å². The number of nitrogens with one attached hydrogen (secondary N) is 1. The van der Waals surface area contributed by atoms with Crippen LogP contribution in [-0.4, -0.2) is 11.9 Å². The molecule has 0 radical (unpaired) electrons. The van der Waals surface area contributed by atoms with E-state index in [4.69, 9.17) is 0 Å². The number of carbonyl (C=O) groups is 1. The van der Waals surface area contributed by atoms with Crippen LogP contribution in [0.5, 0.6) is 0 Å². The van der Waals surface area contributed by atoms with Gasteiger partial charge in [-0.25, -0.2) is 0 Å². The minimum Gasteiger partial charge on any atom is -0.349 e. The first-order valence-electron chi connectivity index (χ1n) is 6.56. The molecule has 2 rings (SSSR count). The van der Waals surface area contributed by atoms with Crippen LogP contribution < -0.4 is 5.32 Å². The number of carbonyl (C=O) groups excluding carboxylic acids is 1. The molecule has 0 aromatic heterocycles. The Bertz CT molecular complexity index is 516. The standard InChI is InChI=1S/C15H16F3NO/c1-2-10-7-8-13(15(16,17)18)12(9-10)14(20)19-11-5-3-4-6-11/h2,7-9,11H,1,3-6H2,(H,19,20). The monoisotopic (exact) mass is 283 g/mol. The maximum absolute atomic E-state index is 13.0. The van der Waals surface area contributed by atoms with Gasteiger partial charge in [-0.15, -0.1) is 0 Å². The molecule has 0 saturated heterocycles. The molecule has 1 saturated carbocycles. The minimum absolute atomic E-state index is 0.0176. The number of halogens is 3. The molecule has 1 aromatic rings. The molecule has 0 heterocycles. The molecule has 1 N–H and O–H groups in total. The predicted octanol–water partition coefficient (Wildman–Crippen LogP) is 4.02. The highest BCUT2D eigenvalue weighted by Crippen LogP contribution is 2.33. The molecular formula is C15H16F3NO. The van der Waals surface area contributed by atoms with E-state index in [0.29, 0.717) is 5.56 Å². The lowest BCUT2D eigenvalue weighted by Gasteiger charge is -2.16. The van der Waals surface area contributed by atoms with Crippen LogP contribution >= 0.6 is 0 Å². The molecule has 0 atom stereocenters. The van der Waals surface area contributed by atoms with Crippen LogP contribution in [0.1, 0.15) is 47.2 Å².